The summed E-state index contributed by atoms with van der Waals surface area (Å²) in [5.41, 5.74) is 4.21. The quantitative estimate of drug-likeness (QED) is 0.560. The second-order valence-electron chi connectivity index (χ2n) is 5.74. The molecule has 2 aliphatic heterocycles. The second kappa shape index (κ2) is 4.42. The summed E-state index contributed by atoms with van der Waals surface area (Å²) in [6.45, 7) is 0.978. The van der Waals surface area contributed by atoms with E-state index in [4.69, 9.17) is 0 Å². The van der Waals surface area contributed by atoms with Crippen molar-refractivity contribution in [1.29, 1.82) is 0 Å². The Balaban J connectivity index is 1.92. The van der Waals surface area contributed by atoms with Crippen LogP contribution in [0, 0.1) is 0 Å². The van der Waals surface area contributed by atoms with E-state index in [0.29, 0.717) is 24.2 Å². The van der Waals surface area contributed by atoms with Gasteiger partial charge in [0.25, 0.3) is 0 Å². The summed E-state index contributed by atoms with van der Waals surface area (Å²) in [5, 5.41) is 39.3. The van der Waals surface area contributed by atoms with E-state index >= 15 is 0 Å². The van der Waals surface area contributed by atoms with Gasteiger partial charge in [-0.1, -0.05) is 6.07 Å². The molecule has 0 aromatic heterocycles. The van der Waals surface area contributed by atoms with Crippen LogP contribution in [0.3, 0.4) is 0 Å². The topological polar surface area (TPSA) is 84.2 Å². The van der Waals surface area contributed by atoms with Crippen molar-refractivity contribution < 1.29 is 20.4 Å². The highest BCUT2D eigenvalue weighted by Gasteiger charge is 2.31. The van der Waals surface area contributed by atoms with Crippen LogP contribution in [0.4, 0.5) is 0 Å². The Bertz CT molecular complexity index is 813. The third-order valence-electron chi connectivity index (χ3n) is 4.30. The van der Waals surface area contributed by atoms with Crippen molar-refractivity contribution in [2.24, 2.45) is 0 Å². The smallest absolute Gasteiger partial charge is 0.158 e. The van der Waals surface area contributed by atoms with Gasteiger partial charge in [-0.3, -0.25) is 0 Å². The van der Waals surface area contributed by atoms with Gasteiger partial charge in [-0.05, 0) is 47.0 Å². The van der Waals surface area contributed by atoms with E-state index in [-0.39, 0.29) is 17.2 Å². The van der Waals surface area contributed by atoms with Gasteiger partial charge in [0, 0.05) is 24.4 Å². The number of aromatic hydroxyl groups is 3. The molecule has 4 rings (SSSR count). The minimum absolute atomic E-state index is 0.204. The Hall–Kier alpha value is -2.66. The Morgan fingerprint density at radius 1 is 1.00 bits per heavy atom. The minimum Gasteiger partial charge on any atom is -0.508 e. The van der Waals surface area contributed by atoms with E-state index in [1.54, 1.807) is 12.1 Å². The lowest BCUT2D eigenvalue weighted by atomic mass is 9.89. The summed E-state index contributed by atoms with van der Waals surface area (Å²) in [7, 11) is 0. The van der Waals surface area contributed by atoms with E-state index in [0.717, 1.165) is 16.8 Å². The number of nitrogens with zero attached hydrogens (tertiary/aromatic N) is 1. The van der Waals surface area contributed by atoms with Gasteiger partial charge in [-0.15, -0.1) is 0 Å². The van der Waals surface area contributed by atoms with Crippen LogP contribution in [-0.4, -0.2) is 31.9 Å². The molecule has 2 aromatic carbocycles. The maximum Gasteiger partial charge on any atom is 0.158 e. The number of hydrogen-bond acceptors (Lipinski definition) is 5. The lowest BCUT2D eigenvalue weighted by Crippen LogP contribution is -2.34. The predicted molar refractivity (Wildman–Crippen MR) is 81.1 cm³/mol. The molecular formula is C17H15NO4. The largest absolute Gasteiger partial charge is 0.508 e. The highest BCUT2D eigenvalue weighted by molar-refractivity contribution is 5.86. The van der Waals surface area contributed by atoms with Gasteiger partial charge in [-0.25, -0.2) is 0 Å². The first-order chi connectivity index (χ1) is 10.5. The van der Waals surface area contributed by atoms with Gasteiger partial charge in [0.1, 0.15) is 5.75 Å². The lowest BCUT2D eigenvalue weighted by molar-refractivity contribution is 0.129. The number of phenolic OH excluding ortho intramolecular Hbond substituents is 3. The Kier molecular flexibility index (Phi) is 2.62. The molecule has 0 aliphatic carbocycles. The summed E-state index contributed by atoms with van der Waals surface area (Å²) >= 11 is 0. The van der Waals surface area contributed by atoms with Crippen LogP contribution in [-0.2, 0) is 6.54 Å². The van der Waals surface area contributed by atoms with E-state index in [1.807, 2.05) is 17.0 Å². The molecule has 112 valence electrons. The molecule has 22 heavy (non-hydrogen) atoms. The van der Waals surface area contributed by atoms with E-state index in [2.05, 4.69) is 0 Å². The van der Waals surface area contributed by atoms with Gasteiger partial charge < -0.3 is 25.3 Å². The van der Waals surface area contributed by atoms with Crippen molar-refractivity contribution in [3.05, 3.63) is 52.6 Å². The third-order valence-corrected chi connectivity index (χ3v) is 4.30. The van der Waals surface area contributed by atoms with Crippen molar-refractivity contribution >= 4 is 11.8 Å². The maximum atomic E-state index is 10.3. The Morgan fingerprint density at radius 2 is 1.77 bits per heavy atom. The Morgan fingerprint density at radius 3 is 2.59 bits per heavy atom. The number of aliphatic hydroxyl groups excluding tert-OH is 1. The average molecular weight is 297 g/mol. The van der Waals surface area contributed by atoms with Crippen LogP contribution < -0.4 is 0 Å². The van der Waals surface area contributed by atoms with Crippen LogP contribution in [0.5, 0.6) is 17.2 Å². The summed E-state index contributed by atoms with van der Waals surface area (Å²) in [6, 6.07) is 8.11. The van der Waals surface area contributed by atoms with Crippen molar-refractivity contribution in [3.63, 3.8) is 0 Å². The summed E-state index contributed by atoms with van der Waals surface area (Å²) < 4.78 is 0. The maximum absolute atomic E-state index is 10.3. The molecule has 0 fully saturated rings. The SMILES string of the molecule is Oc1ccc2c(c1)CN1CC(O)c3cc(O)c(O)cc3C1=C2. The van der Waals surface area contributed by atoms with Gasteiger partial charge in [-0.2, -0.15) is 0 Å². The lowest BCUT2D eigenvalue weighted by Gasteiger charge is -2.39. The van der Waals surface area contributed by atoms with Crippen LogP contribution in [0.15, 0.2) is 30.3 Å². The summed E-state index contributed by atoms with van der Waals surface area (Å²) in [4.78, 5) is 2.01. The van der Waals surface area contributed by atoms with Crippen LogP contribution in [0.1, 0.15) is 28.4 Å². The molecular weight excluding hydrogens is 282 g/mol. The summed E-state index contributed by atoms with van der Waals surface area (Å²) in [5.74, 6) is -0.214. The van der Waals surface area contributed by atoms with Crippen LogP contribution >= 0.6 is 0 Å². The number of aliphatic hydroxyl groups is 1. The van der Waals surface area contributed by atoms with Crippen molar-refractivity contribution in [3.8, 4) is 17.2 Å². The molecule has 5 nitrogen and oxygen atoms in total. The zero-order chi connectivity index (χ0) is 15.4. The van der Waals surface area contributed by atoms with Crippen LogP contribution in [0.2, 0.25) is 0 Å². The number of phenols is 3. The minimum atomic E-state index is -0.738. The second-order valence-corrected chi connectivity index (χ2v) is 5.74. The van der Waals surface area contributed by atoms with Gasteiger partial charge in [0.2, 0.25) is 0 Å². The van der Waals surface area contributed by atoms with Gasteiger partial charge >= 0.3 is 0 Å². The molecule has 1 unspecified atom stereocenters. The average Bonchev–Trinajstić information content (AvgIpc) is 2.48. The molecule has 0 saturated carbocycles. The number of fused-ring (bicyclic) bond motifs is 4. The Labute approximate surface area is 127 Å². The summed E-state index contributed by atoms with van der Waals surface area (Å²) in [6.07, 6.45) is 1.23. The third kappa shape index (κ3) is 1.83. The van der Waals surface area contributed by atoms with Gasteiger partial charge in [0.15, 0.2) is 11.5 Å². The van der Waals surface area contributed by atoms with Crippen molar-refractivity contribution in [2.75, 3.05) is 6.54 Å². The molecule has 2 aliphatic rings. The van der Waals surface area contributed by atoms with E-state index in [1.165, 1.54) is 12.1 Å². The molecule has 2 aromatic rings. The first-order valence-corrected chi connectivity index (χ1v) is 7.06. The zero-order valence-corrected chi connectivity index (χ0v) is 11.7. The number of hydrogen-bond donors (Lipinski definition) is 4. The fourth-order valence-electron chi connectivity index (χ4n) is 3.21. The normalized spacial score (nSPS) is 19.0. The molecule has 0 spiro atoms. The monoisotopic (exact) mass is 297 g/mol. The molecule has 1 atom stereocenters. The fourth-order valence-corrected chi connectivity index (χ4v) is 3.21. The van der Waals surface area contributed by atoms with Gasteiger partial charge in [0.05, 0.1) is 6.10 Å². The van der Waals surface area contributed by atoms with Crippen LogP contribution in [0.25, 0.3) is 11.8 Å². The number of rotatable bonds is 0. The molecule has 2 heterocycles. The molecule has 0 saturated heterocycles. The molecule has 0 bridgehead atoms. The van der Waals surface area contributed by atoms with Crippen molar-refractivity contribution in [2.45, 2.75) is 12.6 Å². The number of benzene rings is 2. The van der Waals surface area contributed by atoms with E-state index in [9.17, 15) is 20.4 Å². The van der Waals surface area contributed by atoms with E-state index < -0.39 is 6.10 Å². The first kappa shape index (κ1) is 13.0. The standard InChI is InChI=1S/C17H15NO4/c19-11-2-1-9-4-14-12-5-15(20)16(21)6-13(12)17(22)8-18(14)7-10(9)3-11/h1-6,17,19-22H,7-8H2. The predicted octanol–water partition coefficient (Wildman–Crippen LogP) is 2.16. The fraction of sp³-hybridized carbons (Fsp3) is 0.176. The molecule has 0 amide bonds. The molecule has 0 radical (unpaired) electrons. The zero-order valence-electron chi connectivity index (χ0n) is 11.7. The van der Waals surface area contributed by atoms with Crippen molar-refractivity contribution in [1.82, 2.24) is 4.90 Å². The first-order valence-electron chi connectivity index (χ1n) is 7.06. The highest BCUT2D eigenvalue weighted by atomic mass is 16.3. The highest BCUT2D eigenvalue weighted by Crippen LogP contribution is 2.43. The molecule has 4 N–H and O–H groups in total. The molecule has 5 heteroatoms.